The molecule has 0 spiro atoms. The van der Waals surface area contributed by atoms with Crippen LogP contribution in [0.5, 0.6) is 11.5 Å². The van der Waals surface area contributed by atoms with Crippen LogP contribution in [0.4, 0.5) is 0 Å². The molecule has 3 N–H and O–H groups in total. The van der Waals surface area contributed by atoms with Crippen LogP contribution in [0, 0.1) is 5.92 Å². The van der Waals surface area contributed by atoms with Gasteiger partial charge in [-0.1, -0.05) is 31.9 Å². The fourth-order valence-corrected chi connectivity index (χ4v) is 4.06. The first-order valence-corrected chi connectivity index (χ1v) is 9.17. The average Bonchev–Trinajstić information content (AvgIpc) is 2.45. The molecule has 0 aromatic heterocycles. The van der Waals surface area contributed by atoms with Crippen molar-refractivity contribution in [2.24, 2.45) is 5.92 Å². The van der Waals surface area contributed by atoms with E-state index in [1.54, 1.807) is 12.1 Å². The van der Waals surface area contributed by atoms with Crippen LogP contribution < -0.4 is 0 Å². The molecule has 0 bridgehead atoms. The molecule has 1 aromatic carbocycles. The van der Waals surface area contributed by atoms with Crippen LogP contribution in [0.15, 0.2) is 24.3 Å². The highest BCUT2D eigenvalue weighted by Crippen LogP contribution is 2.50. The van der Waals surface area contributed by atoms with Gasteiger partial charge in [0, 0.05) is 11.5 Å². The number of aliphatic hydroxyl groups is 1. The summed E-state index contributed by atoms with van der Waals surface area (Å²) in [6, 6.07) is 3.56. The summed E-state index contributed by atoms with van der Waals surface area (Å²) in [5, 5.41) is 31.7. The lowest BCUT2D eigenvalue weighted by molar-refractivity contribution is 0.00224. The summed E-state index contributed by atoms with van der Waals surface area (Å²) in [7, 11) is 0. The van der Waals surface area contributed by atoms with Gasteiger partial charge in [-0.05, 0) is 69.6 Å². The second-order valence-corrected chi connectivity index (χ2v) is 7.80. The standard InChI is InChI=1S/C21H32O3/c1-5-6-7-8-15-11-18(22)20(19(23)12-15)17-13-21(4,24)10-9-16(17)14(2)3/h11-12,16-17,22-24H,2,5-10,13H2,1,3-4H3/t16-,17+,21-/m0/s1. The van der Waals surface area contributed by atoms with Crippen molar-refractivity contribution in [1.82, 2.24) is 0 Å². The Balaban J connectivity index is 2.32. The third-order valence-electron chi connectivity index (χ3n) is 5.41. The van der Waals surface area contributed by atoms with E-state index in [2.05, 4.69) is 13.5 Å². The Bertz CT molecular complexity index is 566. The second-order valence-electron chi connectivity index (χ2n) is 7.80. The molecule has 0 unspecified atom stereocenters. The van der Waals surface area contributed by atoms with Gasteiger partial charge in [0.1, 0.15) is 11.5 Å². The van der Waals surface area contributed by atoms with E-state index < -0.39 is 5.60 Å². The fourth-order valence-electron chi connectivity index (χ4n) is 4.06. The van der Waals surface area contributed by atoms with Gasteiger partial charge in [-0.2, -0.15) is 0 Å². The minimum absolute atomic E-state index is 0.101. The Morgan fingerprint density at radius 1 is 1.25 bits per heavy atom. The first-order valence-electron chi connectivity index (χ1n) is 9.17. The van der Waals surface area contributed by atoms with Gasteiger partial charge < -0.3 is 15.3 Å². The average molecular weight is 332 g/mol. The third kappa shape index (κ3) is 4.32. The van der Waals surface area contributed by atoms with Crippen LogP contribution in [0.25, 0.3) is 0 Å². The minimum atomic E-state index is -0.769. The van der Waals surface area contributed by atoms with Crippen LogP contribution in [0.3, 0.4) is 0 Å². The highest BCUT2D eigenvalue weighted by Gasteiger charge is 2.39. The number of aromatic hydroxyl groups is 2. The molecule has 2 rings (SSSR count). The Kier molecular flexibility index (Phi) is 5.97. The SMILES string of the molecule is C=C(C)[C@@H]1CC[C@](C)(O)C[C@H]1c1c(O)cc(CCCCC)cc1O. The molecule has 1 aromatic rings. The maximum absolute atomic E-state index is 10.6. The maximum Gasteiger partial charge on any atom is 0.123 e. The molecular weight excluding hydrogens is 300 g/mol. The van der Waals surface area contributed by atoms with Crippen molar-refractivity contribution in [1.29, 1.82) is 0 Å². The first kappa shape index (κ1) is 18.9. The molecule has 0 aliphatic heterocycles. The molecule has 1 aliphatic rings. The summed E-state index contributed by atoms with van der Waals surface area (Å²) in [4.78, 5) is 0. The highest BCUT2D eigenvalue weighted by molar-refractivity contribution is 5.50. The number of phenols is 2. The lowest BCUT2D eigenvalue weighted by Gasteiger charge is -2.40. The van der Waals surface area contributed by atoms with Crippen LogP contribution in [-0.4, -0.2) is 20.9 Å². The molecule has 3 nitrogen and oxygen atoms in total. The molecule has 24 heavy (non-hydrogen) atoms. The van der Waals surface area contributed by atoms with Crippen molar-refractivity contribution in [2.75, 3.05) is 0 Å². The van der Waals surface area contributed by atoms with Crippen molar-refractivity contribution >= 4 is 0 Å². The molecule has 0 radical (unpaired) electrons. The monoisotopic (exact) mass is 332 g/mol. The number of phenolic OH excluding ortho intramolecular Hbond substituents is 2. The normalized spacial score (nSPS) is 27.2. The molecule has 1 fully saturated rings. The van der Waals surface area contributed by atoms with E-state index in [4.69, 9.17) is 0 Å². The first-order chi connectivity index (χ1) is 11.2. The van der Waals surface area contributed by atoms with Gasteiger partial charge in [-0.3, -0.25) is 0 Å². The number of aryl methyl sites for hydroxylation is 1. The van der Waals surface area contributed by atoms with Gasteiger partial charge in [-0.15, -0.1) is 0 Å². The number of unbranched alkanes of at least 4 members (excludes halogenated alkanes) is 2. The molecule has 134 valence electrons. The fraction of sp³-hybridized carbons (Fsp3) is 0.619. The van der Waals surface area contributed by atoms with E-state index in [1.807, 2.05) is 13.8 Å². The van der Waals surface area contributed by atoms with Gasteiger partial charge in [0.25, 0.3) is 0 Å². The molecule has 0 heterocycles. The molecule has 0 saturated heterocycles. The van der Waals surface area contributed by atoms with E-state index in [9.17, 15) is 15.3 Å². The van der Waals surface area contributed by atoms with E-state index in [-0.39, 0.29) is 23.3 Å². The summed E-state index contributed by atoms with van der Waals surface area (Å²) in [6.45, 7) is 10.1. The topological polar surface area (TPSA) is 60.7 Å². The number of hydrogen-bond donors (Lipinski definition) is 3. The summed E-state index contributed by atoms with van der Waals surface area (Å²) in [6.07, 6.45) is 6.28. The van der Waals surface area contributed by atoms with Crippen LogP contribution in [0.1, 0.15) is 76.3 Å². The van der Waals surface area contributed by atoms with Gasteiger partial charge >= 0.3 is 0 Å². The van der Waals surface area contributed by atoms with Crippen LogP contribution >= 0.6 is 0 Å². The number of allylic oxidation sites excluding steroid dienone is 1. The molecule has 0 amide bonds. The lowest BCUT2D eigenvalue weighted by atomic mass is 9.67. The van der Waals surface area contributed by atoms with E-state index >= 15 is 0 Å². The molecule has 3 heteroatoms. The zero-order chi connectivity index (χ0) is 17.9. The Morgan fingerprint density at radius 3 is 2.42 bits per heavy atom. The molecular formula is C21H32O3. The van der Waals surface area contributed by atoms with Crippen molar-refractivity contribution in [3.8, 4) is 11.5 Å². The predicted molar refractivity (Wildman–Crippen MR) is 98.5 cm³/mol. The number of benzene rings is 1. The zero-order valence-corrected chi connectivity index (χ0v) is 15.3. The lowest BCUT2D eigenvalue weighted by Crippen LogP contribution is -2.36. The summed E-state index contributed by atoms with van der Waals surface area (Å²) >= 11 is 0. The number of rotatable bonds is 6. The Labute approximate surface area is 146 Å². The smallest absolute Gasteiger partial charge is 0.123 e. The Morgan fingerprint density at radius 2 is 1.88 bits per heavy atom. The minimum Gasteiger partial charge on any atom is -0.508 e. The third-order valence-corrected chi connectivity index (χ3v) is 5.41. The van der Waals surface area contributed by atoms with Gasteiger partial charge in [0.15, 0.2) is 0 Å². The quantitative estimate of drug-likeness (QED) is 0.505. The van der Waals surface area contributed by atoms with E-state index in [0.29, 0.717) is 12.0 Å². The number of hydrogen-bond acceptors (Lipinski definition) is 3. The zero-order valence-electron chi connectivity index (χ0n) is 15.3. The van der Waals surface area contributed by atoms with Crippen molar-refractivity contribution in [2.45, 2.75) is 77.2 Å². The summed E-state index contributed by atoms with van der Waals surface area (Å²) in [5.74, 6) is 0.370. The van der Waals surface area contributed by atoms with E-state index in [1.165, 1.54) is 0 Å². The summed E-state index contributed by atoms with van der Waals surface area (Å²) < 4.78 is 0. The predicted octanol–water partition coefficient (Wildman–Crippen LogP) is 5.04. The van der Waals surface area contributed by atoms with Gasteiger partial charge in [0.2, 0.25) is 0 Å². The van der Waals surface area contributed by atoms with Crippen molar-refractivity contribution in [3.63, 3.8) is 0 Å². The summed E-state index contributed by atoms with van der Waals surface area (Å²) in [5.41, 5.74) is 1.81. The van der Waals surface area contributed by atoms with Crippen molar-refractivity contribution < 1.29 is 15.3 Å². The molecule has 1 aliphatic carbocycles. The molecule has 3 atom stereocenters. The van der Waals surface area contributed by atoms with Gasteiger partial charge in [-0.25, -0.2) is 0 Å². The largest absolute Gasteiger partial charge is 0.508 e. The highest BCUT2D eigenvalue weighted by atomic mass is 16.3. The van der Waals surface area contributed by atoms with Gasteiger partial charge in [0.05, 0.1) is 5.60 Å². The second kappa shape index (κ2) is 7.60. The van der Waals surface area contributed by atoms with Crippen molar-refractivity contribution in [3.05, 3.63) is 35.4 Å². The van der Waals surface area contributed by atoms with E-state index in [0.717, 1.165) is 49.7 Å². The maximum atomic E-state index is 10.6. The van der Waals surface area contributed by atoms with Crippen LogP contribution in [-0.2, 0) is 6.42 Å². The van der Waals surface area contributed by atoms with Crippen LogP contribution in [0.2, 0.25) is 0 Å². The molecule has 1 saturated carbocycles. The Hall–Kier alpha value is -1.48.